The fourth-order valence-electron chi connectivity index (χ4n) is 3.24. The van der Waals surface area contributed by atoms with Crippen molar-refractivity contribution in [2.75, 3.05) is 6.54 Å². The first-order valence-corrected chi connectivity index (χ1v) is 6.24. The summed E-state index contributed by atoms with van der Waals surface area (Å²) in [6.07, 6.45) is 4.09. The first-order chi connectivity index (χ1) is 8.52. The Morgan fingerprint density at radius 3 is 2.94 bits per heavy atom. The summed E-state index contributed by atoms with van der Waals surface area (Å²) in [5, 5.41) is 12.7. The van der Waals surface area contributed by atoms with Gasteiger partial charge >= 0.3 is 0 Å². The van der Waals surface area contributed by atoms with Gasteiger partial charge in [-0.05, 0) is 31.4 Å². The van der Waals surface area contributed by atoms with Gasteiger partial charge in [0.15, 0.2) is 0 Å². The van der Waals surface area contributed by atoms with Crippen molar-refractivity contribution in [1.29, 1.82) is 0 Å². The molecule has 2 N–H and O–H groups in total. The summed E-state index contributed by atoms with van der Waals surface area (Å²) in [5.41, 5.74) is 0.749. The molecule has 1 spiro atoms. The fourth-order valence-corrected chi connectivity index (χ4v) is 3.24. The maximum atomic E-state index is 12.1. The second-order valence-electron chi connectivity index (χ2n) is 5.31. The third kappa shape index (κ3) is 1.46. The Bertz CT molecular complexity index is 506. The quantitative estimate of drug-likeness (QED) is 0.670. The number of Topliss-reactive ketones (excluding diaryl/α,β-unsaturated/α-hetero) is 1. The van der Waals surface area contributed by atoms with Gasteiger partial charge in [-0.1, -0.05) is 0 Å². The number of hydrogen-bond donors (Lipinski definition) is 2. The molecule has 0 aromatic carbocycles. The smallest absolute Gasteiger partial charge is 0.269 e. The molecule has 1 amide bonds. The highest BCUT2D eigenvalue weighted by Crippen LogP contribution is 2.39. The molecular weight excluding hydrogens is 232 g/mol. The molecular formula is C13H16N2O3. The molecule has 0 bridgehead atoms. The Hall–Kier alpha value is -1.78. The second kappa shape index (κ2) is 3.60. The maximum absolute atomic E-state index is 12.1. The number of nitrogens with zero attached hydrogens (tertiary/aromatic N) is 1. The summed E-state index contributed by atoms with van der Waals surface area (Å²) in [4.78, 5) is 25.6. The molecule has 2 fully saturated rings. The van der Waals surface area contributed by atoms with Crippen LogP contribution in [0.4, 0.5) is 0 Å². The van der Waals surface area contributed by atoms with E-state index in [1.54, 1.807) is 13.0 Å². The number of carbonyl (C=O) groups is 2. The van der Waals surface area contributed by atoms with Gasteiger partial charge in [-0.2, -0.15) is 0 Å². The Labute approximate surface area is 105 Å². The summed E-state index contributed by atoms with van der Waals surface area (Å²) >= 11 is 0. The van der Waals surface area contributed by atoms with Gasteiger partial charge < -0.3 is 15.3 Å². The van der Waals surface area contributed by atoms with E-state index in [1.807, 2.05) is 4.90 Å². The van der Waals surface area contributed by atoms with Gasteiger partial charge in [0.2, 0.25) is 0 Å². The number of aliphatic hydroxyl groups is 1. The zero-order chi connectivity index (χ0) is 12.9. The van der Waals surface area contributed by atoms with Crippen LogP contribution < -0.4 is 5.32 Å². The van der Waals surface area contributed by atoms with Gasteiger partial charge in [0.1, 0.15) is 22.9 Å². The van der Waals surface area contributed by atoms with E-state index in [4.69, 9.17) is 0 Å². The summed E-state index contributed by atoms with van der Waals surface area (Å²) < 4.78 is 0. The predicted octanol–water partition coefficient (Wildman–Crippen LogP) is 0.987. The maximum Gasteiger partial charge on any atom is 0.269 e. The van der Waals surface area contributed by atoms with Gasteiger partial charge in [-0.3, -0.25) is 9.59 Å². The van der Waals surface area contributed by atoms with Crippen LogP contribution in [0.1, 0.15) is 32.6 Å². The van der Waals surface area contributed by atoms with E-state index >= 15 is 0 Å². The van der Waals surface area contributed by atoms with Crippen LogP contribution in [0.5, 0.6) is 0 Å². The molecule has 1 saturated heterocycles. The Balaban J connectivity index is 2.04. The van der Waals surface area contributed by atoms with Gasteiger partial charge in [0.05, 0.1) is 6.54 Å². The van der Waals surface area contributed by atoms with E-state index in [9.17, 15) is 14.7 Å². The number of hydrogen-bond acceptors (Lipinski definition) is 4. The largest absolute Gasteiger partial charge is 0.510 e. The normalized spacial score (nSPS) is 31.6. The number of carbonyl (C=O) groups excluding carboxylic acids is 2. The third-order valence-corrected chi connectivity index (χ3v) is 3.96. The highest BCUT2D eigenvalue weighted by Gasteiger charge is 2.51. The lowest BCUT2D eigenvalue weighted by Crippen LogP contribution is -2.55. The zero-order valence-electron chi connectivity index (χ0n) is 10.3. The van der Waals surface area contributed by atoms with Crippen molar-refractivity contribution in [3.63, 3.8) is 0 Å². The molecule has 1 aliphatic carbocycles. The average Bonchev–Trinajstić information content (AvgIpc) is 2.51. The lowest BCUT2D eigenvalue weighted by molar-refractivity contribution is -0.125. The molecule has 0 radical (unpaired) electrons. The highest BCUT2D eigenvalue weighted by atomic mass is 16.3. The summed E-state index contributed by atoms with van der Waals surface area (Å²) in [6, 6.07) is 0. The molecule has 5 heteroatoms. The summed E-state index contributed by atoms with van der Waals surface area (Å²) in [7, 11) is 0. The molecule has 1 saturated carbocycles. The summed E-state index contributed by atoms with van der Waals surface area (Å²) in [5.74, 6) is 0.283. The molecule has 18 heavy (non-hydrogen) atoms. The Kier molecular flexibility index (Phi) is 2.27. The standard InChI is InChI=1S/C13H16N2O3/c1-8-5-10(17)7-15-11(8)12(18)14-13(15)4-2-3-9(16)6-13/h5,17H,2-4,6-7H2,1H3,(H,14,18). The van der Waals surface area contributed by atoms with Crippen LogP contribution in [0.25, 0.3) is 0 Å². The van der Waals surface area contributed by atoms with Crippen LogP contribution in [0, 0.1) is 0 Å². The lowest BCUT2D eigenvalue weighted by atomic mass is 9.87. The van der Waals surface area contributed by atoms with Gasteiger partial charge in [-0.15, -0.1) is 0 Å². The van der Waals surface area contributed by atoms with Crippen LogP contribution in [-0.4, -0.2) is 33.9 Å². The topological polar surface area (TPSA) is 69.6 Å². The number of nitrogens with one attached hydrogen (secondary N) is 1. The molecule has 1 unspecified atom stereocenters. The molecule has 3 rings (SSSR count). The first kappa shape index (κ1) is 11.3. The van der Waals surface area contributed by atoms with Crippen LogP contribution >= 0.6 is 0 Å². The first-order valence-electron chi connectivity index (χ1n) is 6.24. The minimum atomic E-state index is -0.606. The van der Waals surface area contributed by atoms with Crippen molar-refractivity contribution in [3.05, 3.63) is 23.1 Å². The second-order valence-corrected chi connectivity index (χ2v) is 5.31. The van der Waals surface area contributed by atoms with Crippen LogP contribution in [-0.2, 0) is 9.59 Å². The van der Waals surface area contributed by atoms with E-state index in [-0.39, 0.29) is 17.4 Å². The zero-order valence-corrected chi connectivity index (χ0v) is 10.3. The van der Waals surface area contributed by atoms with Crippen molar-refractivity contribution in [2.45, 2.75) is 38.3 Å². The number of fused-ring (bicyclic) bond motifs is 2. The molecule has 5 nitrogen and oxygen atoms in total. The van der Waals surface area contributed by atoms with Gasteiger partial charge in [0, 0.05) is 12.8 Å². The number of amides is 1. The molecule has 1 atom stereocenters. The van der Waals surface area contributed by atoms with Gasteiger partial charge in [0.25, 0.3) is 5.91 Å². The Morgan fingerprint density at radius 2 is 2.22 bits per heavy atom. The Morgan fingerprint density at radius 1 is 1.44 bits per heavy atom. The monoisotopic (exact) mass is 248 g/mol. The number of aliphatic hydroxyl groups excluding tert-OH is 1. The van der Waals surface area contributed by atoms with E-state index in [0.29, 0.717) is 25.1 Å². The van der Waals surface area contributed by atoms with Gasteiger partial charge in [-0.25, -0.2) is 0 Å². The molecule has 3 aliphatic rings. The minimum Gasteiger partial charge on any atom is -0.510 e. The molecule has 0 aromatic rings. The van der Waals surface area contributed by atoms with Crippen LogP contribution in [0.15, 0.2) is 23.1 Å². The van der Waals surface area contributed by atoms with Crippen molar-refractivity contribution in [2.24, 2.45) is 0 Å². The molecule has 96 valence electrons. The molecule has 2 aliphatic heterocycles. The van der Waals surface area contributed by atoms with Crippen molar-refractivity contribution in [3.8, 4) is 0 Å². The molecule has 2 heterocycles. The predicted molar refractivity (Wildman–Crippen MR) is 64.5 cm³/mol. The average molecular weight is 248 g/mol. The molecule has 0 aromatic heterocycles. The lowest BCUT2D eigenvalue weighted by Gasteiger charge is -2.42. The third-order valence-electron chi connectivity index (χ3n) is 3.96. The van der Waals surface area contributed by atoms with Crippen LogP contribution in [0.3, 0.4) is 0 Å². The number of allylic oxidation sites excluding steroid dienone is 2. The SMILES string of the molecule is CC1=C2C(=O)NC3(CCCC(=O)C3)N2CC(O)=C1. The number of rotatable bonds is 0. The van der Waals surface area contributed by atoms with E-state index in [2.05, 4.69) is 5.32 Å². The number of ketones is 1. The van der Waals surface area contributed by atoms with Crippen molar-refractivity contribution < 1.29 is 14.7 Å². The highest BCUT2D eigenvalue weighted by molar-refractivity contribution is 5.98. The van der Waals surface area contributed by atoms with Crippen molar-refractivity contribution in [1.82, 2.24) is 10.2 Å². The summed E-state index contributed by atoms with van der Waals surface area (Å²) in [6.45, 7) is 2.11. The van der Waals surface area contributed by atoms with E-state index < -0.39 is 5.66 Å². The fraction of sp³-hybridized carbons (Fsp3) is 0.538. The van der Waals surface area contributed by atoms with Crippen molar-refractivity contribution >= 4 is 11.7 Å². The van der Waals surface area contributed by atoms with Crippen LogP contribution in [0.2, 0.25) is 0 Å². The minimum absolute atomic E-state index is 0.133. The van der Waals surface area contributed by atoms with E-state index in [1.165, 1.54) is 0 Å². The van der Waals surface area contributed by atoms with E-state index in [0.717, 1.165) is 18.4 Å².